The highest BCUT2D eigenvalue weighted by molar-refractivity contribution is 6.30. The average Bonchev–Trinajstić information content (AvgIpc) is 2.82. The van der Waals surface area contributed by atoms with Gasteiger partial charge in [0.05, 0.1) is 13.2 Å². The van der Waals surface area contributed by atoms with Crippen LogP contribution in [-0.4, -0.2) is 36.6 Å². The molecule has 0 spiro atoms. The van der Waals surface area contributed by atoms with Crippen LogP contribution in [0, 0.1) is 5.41 Å². The number of aldehydes is 1. The summed E-state index contributed by atoms with van der Waals surface area (Å²) >= 11 is 6.21. The Morgan fingerprint density at radius 1 is 1.03 bits per heavy atom. The van der Waals surface area contributed by atoms with Crippen molar-refractivity contribution in [3.63, 3.8) is 0 Å². The molecule has 0 radical (unpaired) electrons. The highest BCUT2D eigenvalue weighted by atomic mass is 35.5. The number of ether oxygens (including phenoxy) is 1. The van der Waals surface area contributed by atoms with Gasteiger partial charge in [0.15, 0.2) is 12.0 Å². The van der Waals surface area contributed by atoms with Crippen molar-refractivity contribution in [3.8, 4) is 0 Å². The highest BCUT2D eigenvalue weighted by Crippen LogP contribution is 2.40. The Labute approximate surface area is 200 Å². The molecule has 0 saturated carbocycles. The van der Waals surface area contributed by atoms with Gasteiger partial charge in [-0.15, -0.1) is 0 Å². The summed E-state index contributed by atoms with van der Waals surface area (Å²) in [6.45, 7) is 4.61. The second-order valence-corrected chi connectivity index (χ2v) is 9.50. The number of hydrogen-bond acceptors (Lipinski definition) is 5. The molecular weight excluding hydrogens is 436 g/mol. The van der Waals surface area contributed by atoms with Gasteiger partial charge in [-0.1, -0.05) is 74.0 Å². The van der Waals surface area contributed by atoms with Gasteiger partial charge in [0, 0.05) is 39.4 Å². The minimum Gasteiger partial charge on any atom is -0.399 e. The zero-order valence-corrected chi connectivity index (χ0v) is 20.0. The van der Waals surface area contributed by atoms with Crippen LogP contribution in [0.5, 0.6) is 0 Å². The van der Waals surface area contributed by atoms with Crippen LogP contribution in [0.15, 0.2) is 72.8 Å². The third-order valence-electron chi connectivity index (χ3n) is 5.73. The molecule has 33 heavy (non-hydrogen) atoms. The van der Waals surface area contributed by atoms with Gasteiger partial charge in [0.25, 0.3) is 0 Å². The monoisotopic (exact) mass is 466 g/mol. The molecule has 0 amide bonds. The van der Waals surface area contributed by atoms with Crippen LogP contribution in [-0.2, 0) is 17.0 Å². The molecule has 3 aromatic carbocycles. The molecule has 0 aliphatic carbocycles. The lowest BCUT2D eigenvalue weighted by Crippen LogP contribution is -2.49. The Morgan fingerprint density at radius 2 is 1.67 bits per heavy atom. The van der Waals surface area contributed by atoms with Crippen molar-refractivity contribution in [1.82, 2.24) is 4.90 Å². The second kappa shape index (κ2) is 10.5. The highest BCUT2D eigenvalue weighted by Gasteiger charge is 2.42. The molecule has 0 aliphatic rings. The van der Waals surface area contributed by atoms with E-state index in [1.54, 1.807) is 6.07 Å². The maximum absolute atomic E-state index is 12.1. The van der Waals surface area contributed by atoms with Crippen LogP contribution in [0.4, 0.5) is 5.69 Å². The summed E-state index contributed by atoms with van der Waals surface area (Å²) in [5.74, 6) is 0. The van der Waals surface area contributed by atoms with Crippen molar-refractivity contribution in [2.75, 3.05) is 26.0 Å². The Balaban J connectivity index is 2.22. The van der Waals surface area contributed by atoms with Crippen molar-refractivity contribution >= 4 is 23.6 Å². The van der Waals surface area contributed by atoms with E-state index in [0.29, 0.717) is 28.4 Å². The number of rotatable bonds is 10. The van der Waals surface area contributed by atoms with Gasteiger partial charge in [0.1, 0.15) is 0 Å². The molecule has 0 aromatic heterocycles. The Bertz CT molecular complexity index is 1070. The molecule has 0 fully saturated rings. The first-order valence-electron chi connectivity index (χ1n) is 10.8. The zero-order valence-electron chi connectivity index (χ0n) is 19.3. The van der Waals surface area contributed by atoms with E-state index in [1.807, 2.05) is 87.6 Å². The average molecular weight is 467 g/mol. The third-order valence-corrected chi connectivity index (χ3v) is 5.98. The summed E-state index contributed by atoms with van der Waals surface area (Å²) in [7, 11) is 1.96. The molecular formula is C27H31ClN2O3. The normalized spacial score (nSPS) is 13.6. The van der Waals surface area contributed by atoms with Crippen LogP contribution in [0.1, 0.15) is 40.9 Å². The number of nitrogen functional groups attached to an aromatic ring is 1. The summed E-state index contributed by atoms with van der Waals surface area (Å²) in [6.07, 6.45) is 0.845. The number of benzene rings is 3. The Hall–Kier alpha value is -2.70. The van der Waals surface area contributed by atoms with Gasteiger partial charge in [-0.05, 0) is 36.9 Å². The lowest BCUT2D eigenvalue weighted by atomic mass is 9.88. The number of carbonyl (C=O) groups excluding carboxylic acids is 1. The van der Waals surface area contributed by atoms with E-state index in [-0.39, 0.29) is 13.2 Å². The number of halogens is 1. The summed E-state index contributed by atoms with van der Waals surface area (Å²) in [5.41, 5.74) is 8.07. The minimum absolute atomic E-state index is 0.0410. The molecule has 1 atom stereocenters. The number of anilines is 1. The lowest BCUT2D eigenvalue weighted by molar-refractivity contribution is -0.153. The van der Waals surface area contributed by atoms with Gasteiger partial charge in [-0.25, -0.2) is 0 Å². The molecule has 6 heteroatoms. The molecule has 174 valence electrons. The number of carbonyl (C=O) groups is 1. The van der Waals surface area contributed by atoms with E-state index in [4.69, 9.17) is 22.1 Å². The first kappa shape index (κ1) is 24.9. The van der Waals surface area contributed by atoms with Crippen LogP contribution < -0.4 is 5.73 Å². The summed E-state index contributed by atoms with van der Waals surface area (Å²) in [4.78, 5) is 14.2. The van der Waals surface area contributed by atoms with E-state index >= 15 is 0 Å². The number of hydrogen-bond donors (Lipinski definition) is 2. The molecule has 0 heterocycles. The molecule has 3 aromatic rings. The van der Waals surface area contributed by atoms with Crippen molar-refractivity contribution in [3.05, 3.63) is 100 Å². The van der Waals surface area contributed by atoms with Gasteiger partial charge in [0.2, 0.25) is 0 Å². The predicted molar refractivity (Wildman–Crippen MR) is 133 cm³/mol. The van der Waals surface area contributed by atoms with E-state index in [9.17, 15) is 9.90 Å². The standard InChI is InChI=1S/C27H31ClN2O3/c1-26(2,18-32)19-33-27(22-10-12-23(28)13-11-22,25-7-5-4-6-21(25)17-31)30(3)16-20-8-14-24(29)15-9-20/h4-15,17,32H,16,18-19,29H2,1-3H3. The molecule has 3 N–H and O–H groups in total. The van der Waals surface area contributed by atoms with Crippen molar-refractivity contribution in [2.45, 2.75) is 26.1 Å². The summed E-state index contributed by atoms with van der Waals surface area (Å²) < 4.78 is 6.74. The van der Waals surface area contributed by atoms with Crippen molar-refractivity contribution in [1.29, 1.82) is 0 Å². The largest absolute Gasteiger partial charge is 0.399 e. The maximum atomic E-state index is 12.1. The third kappa shape index (κ3) is 5.63. The topological polar surface area (TPSA) is 75.8 Å². The minimum atomic E-state index is -1.12. The van der Waals surface area contributed by atoms with Crippen LogP contribution in [0.25, 0.3) is 0 Å². The fourth-order valence-corrected chi connectivity index (χ4v) is 3.92. The second-order valence-electron chi connectivity index (χ2n) is 9.06. The fourth-order valence-electron chi connectivity index (χ4n) is 3.79. The smallest absolute Gasteiger partial charge is 0.174 e. The van der Waals surface area contributed by atoms with E-state index in [0.717, 1.165) is 17.4 Å². The van der Waals surface area contributed by atoms with Gasteiger partial charge in [-0.2, -0.15) is 0 Å². The van der Waals surface area contributed by atoms with E-state index < -0.39 is 11.1 Å². The molecule has 1 unspecified atom stereocenters. The van der Waals surface area contributed by atoms with Gasteiger partial charge < -0.3 is 15.6 Å². The predicted octanol–water partition coefficient (Wildman–Crippen LogP) is 5.10. The lowest BCUT2D eigenvalue weighted by Gasteiger charge is -2.44. The van der Waals surface area contributed by atoms with Crippen molar-refractivity contribution in [2.24, 2.45) is 5.41 Å². The van der Waals surface area contributed by atoms with Crippen LogP contribution in [0.3, 0.4) is 0 Å². The van der Waals surface area contributed by atoms with E-state index in [2.05, 4.69) is 4.90 Å². The van der Waals surface area contributed by atoms with Gasteiger partial charge in [-0.3, -0.25) is 9.69 Å². The number of nitrogens with two attached hydrogens (primary N) is 1. The molecule has 3 rings (SSSR count). The summed E-state index contributed by atoms with van der Waals surface area (Å²) in [5, 5.41) is 10.5. The van der Waals surface area contributed by atoms with E-state index in [1.165, 1.54) is 0 Å². The zero-order chi connectivity index (χ0) is 24.1. The number of aliphatic hydroxyl groups is 1. The molecule has 5 nitrogen and oxygen atoms in total. The Kier molecular flexibility index (Phi) is 7.92. The maximum Gasteiger partial charge on any atom is 0.174 e. The SMILES string of the molecule is CN(Cc1ccc(N)cc1)C(OCC(C)(C)CO)(c1ccc(Cl)cc1)c1ccccc1C=O. The first-order chi connectivity index (χ1) is 15.7. The molecule has 0 saturated heterocycles. The molecule has 0 bridgehead atoms. The van der Waals surface area contributed by atoms with Crippen molar-refractivity contribution < 1.29 is 14.6 Å². The van der Waals surface area contributed by atoms with Crippen LogP contribution >= 0.6 is 11.6 Å². The number of nitrogens with zero attached hydrogens (tertiary/aromatic N) is 1. The Morgan fingerprint density at radius 3 is 2.27 bits per heavy atom. The summed E-state index contributed by atoms with van der Waals surface area (Å²) in [6, 6.07) is 22.5. The molecule has 0 aliphatic heterocycles. The van der Waals surface area contributed by atoms with Gasteiger partial charge >= 0.3 is 0 Å². The first-order valence-corrected chi connectivity index (χ1v) is 11.2. The fraction of sp³-hybridized carbons (Fsp3) is 0.296. The number of aliphatic hydroxyl groups excluding tert-OH is 1. The quantitative estimate of drug-likeness (QED) is 0.247. The van der Waals surface area contributed by atoms with Crippen LogP contribution in [0.2, 0.25) is 5.02 Å².